The molecule has 1 aromatic heterocycles. The van der Waals surface area contributed by atoms with E-state index in [-0.39, 0.29) is 22.9 Å². The Morgan fingerprint density at radius 3 is 2.50 bits per heavy atom. The number of alkyl halides is 1. The van der Waals surface area contributed by atoms with E-state index in [4.69, 9.17) is 16.0 Å². The minimum atomic E-state index is -3.92. The number of aromatic carboxylic acids is 1. The second kappa shape index (κ2) is 10.7. The van der Waals surface area contributed by atoms with Gasteiger partial charge in [0.2, 0.25) is 10.0 Å². The Kier molecular flexibility index (Phi) is 7.95. The number of aryl methyl sites for hydroxylation is 1. The third-order valence-electron chi connectivity index (χ3n) is 5.03. The molecule has 32 heavy (non-hydrogen) atoms. The van der Waals surface area contributed by atoms with Crippen LogP contribution in [0.3, 0.4) is 0 Å². The van der Waals surface area contributed by atoms with E-state index in [0.717, 1.165) is 11.6 Å². The molecule has 0 aliphatic heterocycles. The van der Waals surface area contributed by atoms with Gasteiger partial charge in [0.25, 0.3) is 0 Å². The maximum Gasteiger partial charge on any atom is 0.337 e. The average molecular weight is 477 g/mol. The van der Waals surface area contributed by atoms with Gasteiger partial charge >= 0.3 is 5.97 Å². The number of furan rings is 1. The van der Waals surface area contributed by atoms with Crippen molar-refractivity contribution in [3.05, 3.63) is 83.3 Å². The van der Waals surface area contributed by atoms with E-state index < -0.39 is 16.0 Å². The Labute approximate surface area is 192 Å². The lowest BCUT2D eigenvalue weighted by Crippen LogP contribution is -2.23. The molecule has 0 spiro atoms. The van der Waals surface area contributed by atoms with Crippen LogP contribution in [0.4, 0.5) is 5.69 Å². The van der Waals surface area contributed by atoms with Gasteiger partial charge < -0.3 is 14.8 Å². The summed E-state index contributed by atoms with van der Waals surface area (Å²) in [6.45, 7) is 2.19. The van der Waals surface area contributed by atoms with Crippen molar-refractivity contribution in [2.75, 3.05) is 17.7 Å². The Morgan fingerprint density at radius 1 is 1.12 bits per heavy atom. The third-order valence-corrected chi connectivity index (χ3v) is 6.65. The summed E-state index contributed by atoms with van der Waals surface area (Å²) in [5.41, 5.74) is 1.31. The van der Waals surface area contributed by atoms with Crippen molar-refractivity contribution in [3.8, 4) is 0 Å². The van der Waals surface area contributed by atoms with Gasteiger partial charge in [-0.1, -0.05) is 30.3 Å². The van der Waals surface area contributed by atoms with Crippen molar-refractivity contribution in [1.82, 2.24) is 4.72 Å². The van der Waals surface area contributed by atoms with Crippen molar-refractivity contribution < 1.29 is 22.7 Å². The predicted molar refractivity (Wildman–Crippen MR) is 124 cm³/mol. The van der Waals surface area contributed by atoms with Crippen LogP contribution in [0.2, 0.25) is 0 Å². The number of sulfonamides is 1. The van der Waals surface area contributed by atoms with Gasteiger partial charge in [0.15, 0.2) is 0 Å². The van der Waals surface area contributed by atoms with Gasteiger partial charge in [-0.05, 0) is 49.2 Å². The molecule has 0 bridgehead atoms. The molecule has 0 saturated heterocycles. The first-order valence-electron chi connectivity index (χ1n) is 10.1. The minimum Gasteiger partial charge on any atom is -0.478 e. The number of hydrogen-bond acceptors (Lipinski definition) is 5. The Bertz CT molecular complexity index is 1160. The second-order valence-corrected chi connectivity index (χ2v) is 9.46. The third kappa shape index (κ3) is 6.12. The molecule has 3 aromatic rings. The number of carboxylic acids is 1. The van der Waals surface area contributed by atoms with Gasteiger partial charge in [-0.25, -0.2) is 17.9 Å². The molecule has 9 heteroatoms. The number of rotatable bonds is 11. The molecule has 1 heterocycles. The molecule has 3 rings (SSSR count). The van der Waals surface area contributed by atoms with Crippen LogP contribution < -0.4 is 10.0 Å². The van der Waals surface area contributed by atoms with Crippen molar-refractivity contribution in [3.63, 3.8) is 0 Å². The maximum absolute atomic E-state index is 12.7. The molecule has 1 unspecified atom stereocenters. The van der Waals surface area contributed by atoms with Crippen LogP contribution in [-0.4, -0.2) is 31.9 Å². The highest BCUT2D eigenvalue weighted by Gasteiger charge is 2.20. The molecule has 0 aliphatic carbocycles. The van der Waals surface area contributed by atoms with E-state index >= 15 is 0 Å². The van der Waals surface area contributed by atoms with Gasteiger partial charge in [-0.15, -0.1) is 11.6 Å². The number of carbonyl (C=O) groups is 1. The fourth-order valence-electron chi connectivity index (χ4n) is 3.33. The summed E-state index contributed by atoms with van der Waals surface area (Å²) in [6.07, 6.45) is 0.712. The summed E-state index contributed by atoms with van der Waals surface area (Å²) in [7, 11) is -3.92. The molecule has 170 valence electrons. The van der Waals surface area contributed by atoms with Crippen LogP contribution in [-0.2, 0) is 16.6 Å². The highest BCUT2D eigenvalue weighted by Crippen LogP contribution is 2.25. The number of halogens is 1. The summed E-state index contributed by atoms with van der Waals surface area (Å²) < 4.78 is 33.1. The van der Waals surface area contributed by atoms with Crippen LogP contribution >= 0.6 is 11.6 Å². The molecule has 1 atom stereocenters. The van der Waals surface area contributed by atoms with Crippen LogP contribution in [0.15, 0.2) is 70.0 Å². The first-order valence-corrected chi connectivity index (χ1v) is 12.1. The van der Waals surface area contributed by atoms with Crippen molar-refractivity contribution in [2.24, 2.45) is 0 Å². The summed E-state index contributed by atoms with van der Waals surface area (Å²) in [5.74, 6) is 0.460. The first-order chi connectivity index (χ1) is 15.3. The standard InChI is InChI=1S/C23H25ClN2O5S/c1-16-7-8-19(31-16)15-26-32(29,30)20-9-10-22(21(13-20)23(27)28)25-14-18(11-12-24)17-5-3-2-4-6-17/h2-10,13,18,25-26H,11-12,14-15H2,1H3,(H,27,28). The number of carboxylic acid groups (broad SMARTS) is 1. The summed E-state index contributed by atoms with van der Waals surface area (Å²) in [6, 6.07) is 17.2. The molecular weight excluding hydrogens is 452 g/mol. The lowest BCUT2D eigenvalue weighted by Gasteiger charge is -2.19. The Morgan fingerprint density at radius 2 is 1.88 bits per heavy atom. The van der Waals surface area contributed by atoms with E-state index in [2.05, 4.69) is 10.0 Å². The summed E-state index contributed by atoms with van der Waals surface area (Å²) in [4.78, 5) is 11.7. The van der Waals surface area contributed by atoms with Gasteiger partial charge in [0.05, 0.1) is 17.0 Å². The quantitative estimate of drug-likeness (QED) is 0.349. The van der Waals surface area contributed by atoms with Crippen molar-refractivity contribution in [2.45, 2.75) is 30.7 Å². The van der Waals surface area contributed by atoms with Gasteiger partial charge in [-0.3, -0.25) is 0 Å². The van der Waals surface area contributed by atoms with Crippen LogP contribution in [0.1, 0.15) is 39.8 Å². The summed E-state index contributed by atoms with van der Waals surface area (Å²) in [5, 5.41) is 12.8. The van der Waals surface area contributed by atoms with E-state index in [1.165, 1.54) is 12.1 Å². The Balaban J connectivity index is 1.77. The number of nitrogens with one attached hydrogen (secondary N) is 2. The lowest BCUT2D eigenvalue weighted by molar-refractivity contribution is 0.0697. The normalized spacial score (nSPS) is 12.4. The van der Waals surface area contributed by atoms with E-state index in [1.807, 2.05) is 30.3 Å². The van der Waals surface area contributed by atoms with Gasteiger partial charge in [0, 0.05) is 24.0 Å². The SMILES string of the molecule is Cc1ccc(CNS(=O)(=O)c2ccc(NCC(CCCl)c3ccccc3)c(C(=O)O)c2)o1. The van der Waals surface area contributed by atoms with Gasteiger partial charge in [-0.2, -0.15) is 0 Å². The largest absolute Gasteiger partial charge is 0.478 e. The number of anilines is 1. The van der Waals surface area contributed by atoms with E-state index in [1.54, 1.807) is 19.1 Å². The van der Waals surface area contributed by atoms with Crippen LogP contribution in [0.25, 0.3) is 0 Å². The topological polar surface area (TPSA) is 109 Å². The molecule has 0 amide bonds. The summed E-state index contributed by atoms with van der Waals surface area (Å²) >= 11 is 5.95. The molecule has 0 fully saturated rings. The smallest absolute Gasteiger partial charge is 0.337 e. The number of hydrogen-bond donors (Lipinski definition) is 3. The van der Waals surface area contributed by atoms with Gasteiger partial charge in [0.1, 0.15) is 11.5 Å². The maximum atomic E-state index is 12.7. The molecular formula is C23H25ClN2O5S. The molecule has 0 aliphatic rings. The highest BCUT2D eigenvalue weighted by atomic mass is 35.5. The van der Waals surface area contributed by atoms with Crippen LogP contribution in [0.5, 0.6) is 0 Å². The average Bonchev–Trinajstić information content (AvgIpc) is 3.21. The van der Waals surface area contributed by atoms with Crippen molar-refractivity contribution in [1.29, 1.82) is 0 Å². The molecule has 0 saturated carbocycles. The highest BCUT2D eigenvalue weighted by molar-refractivity contribution is 7.89. The van der Waals surface area contributed by atoms with E-state index in [9.17, 15) is 18.3 Å². The second-order valence-electron chi connectivity index (χ2n) is 7.32. The van der Waals surface area contributed by atoms with E-state index in [0.29, 0.717) is 36.1 Å². The van der Waals surface area contributed by atoms with Crippen LogP contribution in [0, 0.1) is 6.92 Å². The zero-order valence-corrected chi connectivity index (χ0v) is 19.1. The zero-order valence-electron chi connectivity index (χ0n) is 17.5. The predicted octanol–water partition coefficient (Wildman–Crippen LogP) is 4.59. The Hall–Kier alpha value is -2.81. The molecule has 3 N–H and O–H groups in total. The molecule has 2 aromatic carbocycles. The first kappa shape index (κ1) is 23.8. The lowest BCUT2D eigenvalue weighted by atomic mass is 9.96. The van der Waals surface area contributed by atoms with Crippen molar-refractivity contribution >= 4 is 33.3 Å². The molecule has 7 nitrogen and oxygen atoms in total. The fraction of sp³-hybridized carbons (Fsp3) is 0.261. The minimum absolute atomic E-state index is 0.0320. The molecule has 0 radical (unpaired) electrons. The zero-order chi connectivity index (χ0) is 23.1. The fourth-order valence-corrected chi connectivity index (χ4v) is 4.61. The number of benzene rings is 2. The monoisotopic (exact) mass is 476 g/mol.